The van der Waals surface area contributed by atoms with Gasteiger partial charge in [0, 0.05) is 16.6 Å². The van der Waals surface area contributed by atoms with Crippen LogP contribution in [0.5, 0.6) is 0 Å². The molecule has 112 valence electrons. The van der Waals surface area contributed by atoms with Gasteiger partial charge in [0.1, 0.15) is 5.78 Å². The summed E-state index contributed by atoms with van der Waals surface area (Å²) in [5, 5.41) is 3.26. The highest BCUT2D eigenvalue weighted by Crippen LogP contribution is 2.22. The fraction of sp³-hybridized carbons (Fsp3) is 0.176. The number of aromatic amines is 1. The van der Waals surface area contributed by atoms with Gasteiger partial charge in [-0.3, -0.25) is 0 Å². The lowest BCUT2D eigenvalue weighted by Gasteiger charge is -2.04. The van der Waals surface area contributed by atoms with Gasteiger partial charge in [0.2, 0.25) is 5.95 Å². The number of imidazole rings is 1. The SMILES string of the molecule is CC(=O)CCc1ccc(Nc2nc3ccc(Br)cc3[nH]2)cc1. The Morgan fingerprint density at radius 3 is 2.73 bits per heavy atom. The fourth-order valence-corrected chi connectivity index (χ4v) is 2.61. The number of hydrogen-bond donors (Lipinski definition) is 2. The molecule has 0 atom stereocenters. The molecule has 2 aromatic carbocycles. The van der Waals surface area contributed by atoms with Gasteiger partial charge in [0.05, 0.1) is 11.0 Å². The van der Waals surface area contributed by atoms with E-state index in [4.69, 9.17) is 0 Å². The predicted molar refractivity (Wildman–Crippen MR) is 92.5 cm³/mol. The molecule has 2 N–H and O–H groups in total. The van der Waals surface area contributed by atoms with Crippen LogP contribution in [0.25, 0.3) is 11.0 Å². The molecule has 0 spiro atoms. The summed E-state index contributed by atoms with van der Waals surface area (Å²) in [5.41, 5.74) is 4.03. The molecule has 0 saturated carbocycles. The van der Waals surface area contributed by atoms with Crippen LogP contribution in [0.4, 0.5) is 11.6 Å². The number of aromatic nitrogens is 2. The molecule has 0 aliphatic carbocycles. The molecule has 0 fully saturated rings. The molecule has 0 saturated heterocycles. The molecule has 22 heavy (non-hydrogen) atoms. The second kappa shape index (κ2) is 6.32. The Bertz CT molecular complexity index is 808. The first-order valence-corrected chi connectivity index (χ1v) is 7.90. The first kappa shape index (κ1) is 14.8. The number of H-pyrrole nitrogens is 1. The topological polar surface area (TPSA) is 57.8 Å². The number of hydrogen-bond acceptors (Lipinski definition) is 3. The number of nitrogens with one attached hydrogen (secondary N) is 2. The Morgan fingerprint density at radius 1 is 1.23 bits per heavy atom. The first-order chi connectivity index (χ1) is 10.6. The van der Waals surface area contributed by atoms with Crippen LogP contribution >= 0.6 is 15.9 Å². The van der Waals surface area contributed by atoms with E-state index in [0.717, 1.165) is 33.2 Å². The normalized spacial score (nSPS) is 10.8. The van der Waals surface area contributed by atoms with Crippen LogP contribution in [0.2, 0.25) is 0 Å². The number of ketones is 1. The Hall–Kier alpha value is -2.14. The third-order valence-electron chi connectivity index (χ3n) is 3.43. The van der Waals surface area contributed by atoms with Gasteiger partial charge in [-0.1, -0.05) is 28.1 Å². The molecule has 0 amide bonds. The molecule has 0 unspecified atom stereocenters. The summed E-state index contributed by atoms with van der Waals surface area (Å²) in [6.45, 7) is 1.62. The van der Waals surface area contributed by atoms with Crippen molar-refractivity contribution in [1.82, 2.24) is 9.97 Å². The van der Waals surface area contributed by atoms with Crippen LogP contribution in [0.3, 0.4) is 0 Å². The number of halogens is 1. The van der Waals surface area contributed by atoms with Gasteiger partial charge in [-0.05, 0) is 49.2 Å². The van der Waals surface area contributed by atoms with E-state index in [1.54, 1.807) is 6.92 Å². The van der Waals surface area contributed by atoms with Gasteiger partial charge < -0.3 is 15.1 Å². The molecule has 1 aromatic heterocycles. The van der Waals surface area contributed by atoms with Crippen LogP contribution in [0.15, 0.2) is 46.9 Å². The molecule has 0 aliphatic heterocycles. The summed E-state index contributed by atoms with van der Waals surface area (Å²) in [4.78, 5) is 18.7. The smallest absolute Gasteiger partial charge is 0.205 e. The van der Waals surface area contributed by atoms with E-state index in [2.05, 4.69) is 31.2 Å². The van der Waals surface area contributed by atoms with Crippen molar-refractivity contribution >= 4 is 44.4 Å². The zero-order valence-corrected chi connectivity index (χ0v) is 13.8. The lowest BCUT2D eigenvalue weighted by molar-refractivity contribution is -0.116. The third-order valence-corrected chi connectivity index (χ3v) is 3.92. The number of aryl methyl sites for hydroxylation is 1. The van der Waals surface area contributed by atoms with Crippen molar-refractivity contribution in [2.24, 2.45) is 0 Å². The Kier molecular flexibility index (Phi) is 4.24. The number of carbonyl (C=O) groups excluding carboxylic acids is 1. The Balaban J connectivity index is 1.72. The van der Waals surface area contributed by atoms with Gasteiger partial charge >= 0.3 is 0 Å². The van der Waals surface area contributed by atoms with Crippen molar-refractivity contribution in [2.45, 2.75) is 19.8 Å². The molecule has 0 aliphatic rings. The van der Waals surface area contributed by atoms with Crippen molar-refractivity contribution in [3.05, 3.63) is 52.5 Å². The highest BCUT2D eigenvalue weighted by Gasteiger charge is 2.04. The lowest BCUT2D eigenvalue weighted by Crippen LogP contribution is -1.95. The summed E-state index contributed by atoms with van der Waals surface area (Å²) in [5.74, 6) is 0.931. The Labute approximate surface area is 137 Å². The lowest BCUT2D eigenvalue weighted by atomic mass is 10.1. The van der Waals surface area contributed by atoms with E-state index in [1.807, 2.05) is 42.5 Å². The molecular formula is C17H16BrN3O. The minimum absolute atomic E-state index is 0.218. The van der Waals surface area contributed by atoms with E-state index >= 15 is 0 Å². The first-order valence-electron chi connectivity index (χ1n) is 7.11. The van der Waals surface area contributed by atoms with Crippen LogP contribution in [0.1, 0.15) is 18.9 Å². The standard InChI is InChI=1S/C17H16BrN3O/c1-11(22)2-3-12-4-7-14(8-5-12)19-17-20-15-9-6-13(18)10-16(15)21-17/h4-10H,2-3H2,1H3,(H2,19,20,21). The number of rotatable bonds is 5. The zero-order chi connectivity index (χ0) is 15.5. The van der Waals surface area contributed by atoms with Crippen LogP contribution < -0.4 is 5.32 Å². The fourth-order valence-electron chi connectivity index (χ4n) is 2.25. The predicted octanol–water partition coefficient (Wildman–Crippen LogP) is 4.59. The maximum absolute atomic E-state index is 11.0. The summed E-state index contributed by atoms with van der Waals surface area (Å²) in [7, 11) is 0. The van der Waals surface area contributed by atoms with Crippen molar-refractivity contribution in [2.75, 3.05) is 5.32 Å². The number of fused-ring (bicyclic) bond motifs is 1. The van der Waals surface area contributed by atoms with Gasteiger partial charge in [0.25, 0.3) is 0 Å². The van der Waals surface area contributed by atoms with Crippen LogP contribution in [-0.4, -0.2) is 15.8 Å². The molecule has 4 nitrogen and oxygen atoms in total. The summed E-state index contributed by atoms with van der Waals surface area (Å²) in [6.07, 6.45) is 1.37. The van der Waals surface area contributed by atoms with Crippen LogP contribution in [-0.2, 0) is 11.2 Å². The highest BCUT2D eigenvalue weighted by atomic mass is 79.9. The van der Waals surface area contributed by atoms with Crippen molar-refractivity contribution in [3.63, 3.8) is 0 Å². The molecule has 3 rings (SSSR count). The largest absolute Gasteiger partial charge is 0.326 e. The quantitative estimate of drug-likeness (QED) is 0.701. The van der Waals surface area contributed by atoms with Crippen molar-refractivity contribution in [1.29, 1.82) is 0 Å². The highest BCUT2D eigenvalue weighted by molar-refractivity contribution is 9.10. The van der Waals surface area contributed by atoms with Gasteiger partial charge in [-0.15, -0.1) is 0 Å². The molecule has 3 aromatic rings. The monoisotopic (exact) mass is 357 g/mol. The minimum Gasteiger partial charge on any atom is -0.326 e. The van der Waals surface area contributed by atoms with E-state index in [0.29, 0.717) is 12.4 Å². The molecule has 1 heterocycles. The van der Waals surface area contributed by atoms with E-state index in [-0.39, 0.29) is 5.78 Å². The second-order valence-corrected chi connectivity index (χ2v) is 6.19. The van der Waals surface area contributed by atoms with Crippen molar-refractivity contribution in [3.8, 4) is 0 Å². The van der Waals surface area contributed by atoms with Crippen LogP contribution in [0, 0.1) is 0 Å². The molecule has 5 heteroatoms. The van der Waals surface area contributed by atoms with E-state index < -0.39 is 0 Å². The average Bonchev–Trinajstić information content (AvgIpc) is 2.87. The van der Waals surface area contributed by atoms with E-state index in [9.17, 15) is 4.79 Å². The summed E-state index contributed by atoms with van der Waals surface area (Å²) >= 11 is 3.45. The van der Waals surface area contributed by atoms with Gasteiger partial charge in [-0.2, -0.15) is 0 Å². The number of anilines is 2. The number of carbonyl (C=O) groups is 1. The summed E-state index contributed by atoms with van der Waals surface area (Å²) in [6, 6.07) is 14.0. The Morgan fingerprint density at radius 2 is 2.00 bits per heavy atom. The maximum atomic E-state index is 11.0. The minimum atomic E-state index is 0.218. The summed E-state index contributed by atoms with van der Waals surface area (Å²) < 4.78 is 1.02. The number of Topliss-reactive ketones (excluding diaryl/α,β-unsaturated/α-hetero) is 1. The van der Waals surface area contributed by atoms with E-state index in [1.165, 1.54) is 0 Å². The maximum Gasteiger partial charge on any atom is 0.205 e. The van der Waals surface area contributed by atoms with Crippen molar-refractivity contribution < 1.29 is 4.79 Å². The molecular weight excluding hydrogens is 342 g/mol. The van der Waals surface area contributed by atoms with Gasteiger partial charge in [0.15, 0.2) is 0 Å². The van der Waals surface area contributed by atoms with Gasteiger partial charge in [-0.25, -0.2) is 4.98 Å². The molecule has 0 bridgehead atoms. The zero-order valence-electron chi connectivity index (χ0n) is 12.2. The molecule has 0 radical (unpaired) electrons. The number of benzene rings is 2. The third kappa shape index (κ3) is 3.54. The second-order valence-electron chi connectivity index (χ2n) is 5.27. The average molecular weight is 358 g/mol. The number of nitrogens with zero attached hydrogens (tertiary/aromatic N) is 1.